The summed E-state index contributed by atoms with van der Waals surface area (Å²) < 4.78 is 15.7. The molecule has 4 rings (SSSR count). The highest BCUT2D eigenvalue weighted by Gasteiger charge is 2.18. The molecule has 0 saturated heterocycles. The normalized spacial score (nSPS) is 11.1. The van der Waals surface area contributed by atoms with Crippen LogP contribution in [0.25, 0.3) is 5.69 Å². The van der Waals surface area contributed by atoms with Gasteiger partial charge in [0, 0.05) is 7.05 Å². The maximum absolute atomic E-state index is 13.0. The molecule has 11 nitrogen and oxygen atoms in total. The van der Waals surface area contributed by atoms with Crippen LogP contribution >= 0.6 is 0 Å². The lowest BCUT2D eigenvalue weighted by Crippen LogP contribution is -2.25. The molecule has 0 aliphatic rings. The Morgan fingerprint density at radius 1 is 1.17 bits per heavy atom. The SMILES string of the molecule is COc1cc(C=Nn2cc(C)nc2N)ccc1OCC(=O)Nc1c(C)n(C)n(-c2ccccc2)c1=O. The van der Waals surface area contributed by atoms with Gasteiger partial charge in [-0.15, -0.1) is 0 Å². The number of para-hydroxylation sites is 1. The number of nitrogens with zero attached hydrogens (tertiary/aromatic N) is 5. The third kappa shape index (κ3) is 4.99. The summed E-state index contributed by atoms with van der Waals surface area (Å²) in [7, 11) is 3.26. The number of aromatic nitrogens is 4. The zero-order valence-corrected chi connectivity index (χ0v) is 20.4. The van der Waals surface area contributed by atoms with Crippen molar-refractivity contribution in [2.45, 2.75) is 13.8 Å². The van der Waals surface area contributed by atoms with Crippen molar-refractivity contribution in [3.05, 3.63) is 82.0 Å². The summed E-state index contributed by atoms with van der Waals surface area (Å²) in [6.07, 6.45) is 3.31. The smallest absolute Gasteiger partial charge is 0.295 e. The third-order valence-electron chi connectivity index (χ3n) is 5.53. The number of hydrogen-bond acceptors (Lipinski definition) is 7. The molecule has 0 aliphatic carbocycles. The molecular formula is C25H27N7O4. The lowest BCUT2D eigenvalue weighted by atomic mass is 10.2. The van der Waals surface area contributed by atoms with Crippen LogP contribution in [0.3, 0.4) is 0 Å². The summed E-state index contributed by atoms with van der Waals surface area (Å²) in [5, 5.41) is 6.95. The molecule has 2 heterocycles. The number of hydrogen-bond donors (Lipinski definition) is 2. The van der Waals surface area contributed by atoms with Crippen molar-refractivity contribution in [3.63, 3.8) is 0 Å². The summed E-state index contributed by atoms with van der Waals surface area (Å²) in [4.78, 5) is 29.7. The van der Waals surface area contributed by atoms with E-state index in [1.165, 1.54) is 16.5 Å². The summed E-state index contributed by atoms with van der Waals surface area (Å²) in [5.74, 6) is 0.601. The average molecular weight is 490 g/mol. The molecule has 0 fully saturated rings. The fourth-order valence-electron chi connectivity index (χ4n) is 3.64. The van der Waals surface area contributed by atoms with Crippen molar-refractivity contribution >= 4 is 23.8 Å². The van der Waals surface area contributed by atoms with Gasteiger partial charge in [0.05, 0.1) is 36.6 Å². The fraction of sp³-hybridized carbons (Fsp3) is 0.200. The quantitative estimate of drug-likeness (QED) is 0.366. The molecule has 0 aliphatic heterocycles. The molecule has 0 bridgehead atoms. The van der Waals surface area contributed by atoms with Gasteiger partial charge in [0.2, 0.25) is 5.95 Å². The monoisotopic (exact) mass is 489 g/mol. The Hall–Kier alpha value is -4.80. The van der Waals surface area contributed by atoms with Gasteiger partial charge in [-0.2, -0.15) is 5.10 Å². The topological polar surface area (TPSA) is 131 Å². The van der Waals surface area contributed by atoms with E-state index in [0.717, 1.165) is 11.3 Å². The second kappa shape index (κ2) is 10.2. The molecule has 186 valence electrons. The van der Waals surface area contributed by atoms with Gasteiger partial charge in [-0.05, 0) is 49.7 Å². The molecule has 4 aromatic rings. The predicted molar refractivity (Wildman–Crippen MR) is 137 cm³/mol. The van der Waals surface area contributed by atoms with Crippen LogP contribution in [0.15, 0.2) is 64.6 Å². The first kappa shape index (κ1) is 24.3. The van der Waals surface area contributed by atoms with Gasteiger partial charge in [0.15, 0.2) is 18.1 Å². The second-order valence-electron chi connectivity index (χ2n) is 8.01. The van der Waals surface area contributed by atoms with Gasteiger partial charge in [-0.25, -0.2) is 14.3 Å². The number of amides is 1. The van der Waals surface area contributed by atoms with E-state index >= 15 is 0 Å². The van der Waals surface area contributed by atoms with Gasteiger partial charge in [0.1, 0.15) is 5.69 Å². The first-order valence-corrected chi connectivity index (χ1v) is 11.1. The van der Waals surface area contributed by atoms with E-state index in [0.29, 0.717) is 22.9 Å². The number of ether oxygens (including phenoxy) is 2. The summed E-state index contributed by atoms with van der Waals surface area (Å²) in [6.45, 7) is 3.28. The Morgan fingerprint density at radius 3 is 2.58 bits per heavy atom. The molecule has 0 unspecified atom stereocenters. The summed E-state index contributed by atoms with van der Waals surface area (Å²) >= 11 is 0. The predicted octanol–water partition coefficient (Wildman–Crippen LogP) is 2.48. The highest BCUT2D eigenvalue weighted by atomic mass is 16.5. The largest absolute Gasteiger partial charge is 0.493 e. The van der Waals surface area contributed by atoms with E-state index in [1.807, 2.05) is 37.3 Å². The first-order valence-electron chi connectivity index (χ1n) is 11.1. The number of carbonyl (C=O) groups is 1. The molecule has 0 radical (unpaired) electrons. The lowest BCUT2D eigenvalue weighted by molar-refractivity contribution is -0.118. The van der Waals surface area contributed by atoms with Gasteiger partial charge in [0.25, 0.3) is 11.5 Å². The number of anilines is 2. The van der Waals surface area contributed by atoms with Crippen LogP contribution in [0, 0.1) is 13.8 Å². The molecule has 0 atom stereocenters. The maximum Gasteiger partial charge on any atom is 0.295 e. The van der Waals surface area contributed by atoms with Crippen LogP contribution in [0.2, 0.25) is 0 Å². The number of carbonyl (C=O) groups excluding carboxylic acids is 1. The lowest BCUT2D eigenvalue weighted by Gasteiger charge is -2.11. The van der Waals surface area contributed by atoms with E-state index in [9.17, 15) is 9.59 Å². The van der Waals surface area contributed by atoms with Crippen molar-refractivity contribution in [2.24, 2.45) is 12.1 Å². The Labute approximate surface area is 207 Å². The third-order valence-corrected chi connectivity index (χ3v) is 5.53. The molecule has 3 N–H and O–H groups in total. The Bertz CT molecular complexity index is 1480. The number of nitrogens with one attached hydrogen (secondary N) is 1. The first-order chi connectivity index (χ1) is 17.3. The highest BCUT2D eigenvalue weighted by Crippen LogP contribution is 2.27. The molecule has 0 saturated carbocycles. The summed E-state index contributed by atoms with van der Waals surface area (Å²) in [5.41, 5.74) is 8.47. The number of rotatable bonds is 8. The van der Waals surface area contributed by atoms with Crippen LogP contribution in [0.4, 0.5) is 11.6 Å². The van der Waals surface area contributed by atoms with Gasteiger partial charge in [-0.3, -0.25) is 14.3 Å². The zero-order valence-electron chi connectivity index (χ0n) is 20.4. The van der Waals surface area contributed by atoms with Crippen LogP contribution in [0.1, 0.15) is 17.0 Å². The van der Waals surface area contributed by atoms with Crippen LogP contribution in [0.5, 0.6) is 11.5 Å². The van der Waals surface area contributed by atoms with Crippen molar-refractivity contribution in [1.82, 2.24) is 19.0 Å². The molecule has 2 aromatic heterocycles. The van der Waals surface area contributed by atoms with E-state index in [2.05, 4.69) is 15.4 Å². The van der Waals surface area contributed by atoms with Gasteiger partial charge < -0.3 is 20.5 Å². The number of methoxy groups -OCH3 is 1. The van der Waals surface area contributed by atoms with Crippen molar-refractivity contribution < 1.29 is 14.3 Å². The van der Waals surface area contributed by atoms with Crippen LogP contribution in [-0.4, -0.2) is 44.9 Å². The van der Waals surface area contributed by atoms with Crippen molar-refractivity contribution in [3.8, 4) is 17.2 Å². The average Bonchev–Trinajstić information content (AvgIpc) is 3.31. The Kier molecular flexibility index (Phi) is 6.91. The molecule has 2 aromatic carbocycles. The minimum Gasteiger partial charge on any atom is -0.493 e. The zero-order chi connectivity index (χ0) is 25.8. The van der Waals surface area contributed by atoms with Crippen LogP contribution in [-0.2, 0) is 11.8 Å². The van der Waals surface area contributed by atoms with Crippen molar-refractivity contribution in [1.29, 1.82) is 0 Å². The van der Waals surface area contributed by atoms with E-state index in [-0.39, 0.29) is 23.8 Å². The maximum atomic E-state index is 13.0. The molecular weight excluding hydrogens is 462 g/mol. The van der Waals surface area contributed by atoms with E-state index in [1.54, 1.807) is 49.3 Å². The van der Waals surface area contributed by atoms with Crippen LogP contribution < -0.4 is 26.1 Å². The summed E-state index contributed by atoms with van der Waals surface area (Å²) in [6, 6.07) is 14.4. The molecule has 36 heavy (non-hydrogen) atoms. The molecule has 1 amide bonds. The van der Waals surface area contributed by atoms with E-state index < -0.39 is 5.91 Å². The standard InChI is InChI=1S/C25H27N7O4/c1-16-14-31(25(26)28-16)27-13-18-10-11-20(21(12-18)35-4)36-15-22(33)29-23-17(2)30(3)32(24(23)34)19-8-6-5-7-9-19/h5-14H,15H2,1-4H3,(H2,26,28)(H,29,33). The minimum atomic E-state index is -0.473. The Morgan fingerprint density at radius 2 is 1.92 bits per heavy atom. The number of aryl methyl sites for hydroxylation is 1. The number of nitrogens with two attached hydrogens (primary N) is 1. The number of imidazole rings is 1. The number of nitrogen functional groups attached to an aromatic ring is 1. The minimum absolute atomic E-state index is 0.197. The second-order valence-corrected chi connectivity index (χ2v) is 8.01. The highest BCUT2D eigenvalue weighted by molar-refractivity contribution is 5.92. The molecule has 0 spiro atoms. The number of benzene rings is 2. The van der Waals surface area contributed by atoms with Crippen molar-refractivity contribution in [2.75, 3.05) is 24.8 Å². The van der Waals surface area contributed by atoms with E-state index in [4.69, 9.17) is 15.2 Å². The fourth-order valence-corrected chi connectivity index (χ4v) is 3.64. The Balaban J connectivity index is 1.45. The molecule has 11 heteroatoms. The van der Waals surface area contributed by atoms with Gasteiger partial charge in [-0.1, -0.05) is 18.2 Å². The van der Waals surface area contributed by atoms with Gasteiger partial charge >= 0.3 is 0 Å².